The summed E-state index contributed by atoms with van der Waals surface area (Å²) in [6.07, 6.45) is 0. The fourth-order valence-electron chi connectivity index (χ4n) is 2.27. The van der Waals surface area contributed by atoms with Crippen LogP contribution in [0.4, 0.5) is 8.78 Å². The van der Waals surface area contributed by atoms with Crippen molar-refractivity contribution in [3.63, 3.8) is 0 Å². The molecular weight excluding hydrogens is 296 g/mol. The number of nitrogens with one attached hydrogen (secondary N) is 1. The Bertz CT molecular complexity index is 517. The van der Waals surface area contributed by atoms with Gasteiger partial charge in [-0.3, -0.25) is 0 Å². The zero-order valence-electron chi connectivity index (χ0n) is 12.7. The molecule has 0 aromatic heterocycles. The largest absolute Gasteiger partial charge is 0.598 e. The van der Waals surface area contributed by atoms with E-state index in [1.54, 1.807) is 12.1 Å². The molecule has 2 atom stereocenters. The van der Waals surface area contributed by atoms with Crippen LogP contribution in [0.1, 0.15) is 50.4 Å². The van der Waals surface area contributed by atoms with Gasteiger partial charge in [0.2, 0.25) is 0 Å². The van der Waals surface area contributed by atoms with E-state index in [0.29, 0.717) is 11.1 Å². The van der Waals surface area contributed by atoms with E-state index in [1.807, 2.05) is 27.7 Å². The SMILES string of the molecule is CC(N[S+]([O-])C(C)(C)C)c1cccc2c1COCC2(F)F. The second-order valence-corrected chi connectivity index (χ2v) is 8.29. The lowest BCUT2D eigenvalue weighted by atomic mass is 9.92. The Kier molecular flexibility index (Phi) is 4.63. The van der Waals surface area contributed by atoms with Crippen molar-refractivity contribution >= 4 is 11.4 Å². The van der Waals surface area contributed by atoms with Crippen LogP contribution in [0.15, 0.2) is 18.2 Å². The zero-order chi connectivity index (χ0) is 15.8. The number of ether oxygens (including phenoxy) is 1. The summed E-state index contributed by atoms with van der Waals surface area (Å²) in [5.74, 6) is -2.97. The number of hydrogen-bond donors (Lipinski definition) is 1. The smallest absolute Gasteiger partial charge is 0.296 e. The number of rotatable bonds is 3. The fraction of sp³-hybridized carbons (Fsp3) is 0.600. The van der Waals surface area contributed by atoms with Crippen LogP contribution in [0.3, 0.4) is 0 Å². The summed E-state index contributed by atoms with van der Waals surface area (Å²) in [6, 6.07) is 4.54. The maximum atomic E-state index is 13.9. The lowest BCUT2D eigenvalue weighted by Crippen LogP contribution is -2.41. The van der Waals surface area contributed by atoms with Gasteiger partial charge in [-0.2, -0.15) is 8.78 Å². The molecule has 21 heavy (non-hydrogen) atoms. The van der Waals surface area contributed by atoms with Crippen LogP contribution >= 0.6 is 0 Å². The minimum absolute atomic E-state index is 0.0152. The number of fused-ring (bicyclic) bond motifs is 1. The normalized spacial score (nSPS) is 20.7. The first-order valence-electron chi connectivity index (χ1n) is 6.89. The maximum Gasteiger partial charge on any atom is 0.296 e. The first kappa shape index (κ1) is 16.7. The van der Waals surface area contributed by atoms with Crippen LogP contribution in [-0.4, -0.2) is 15.9 Å². The Labute approximate surface area is 127 Å². The van der Waals surface area contributed by atoms with Crippen LogP contribution in [0.25, 0.3) is 0 Å². The third-order valence-electron chi connectivity index (χ3n) is 3.44. The van der Waals surface area contributed by atoms with Crippen molar-refractivity contribution in [2.75, 3.05) is 6.61 Å². The highest BCUT2D eigenvalue weighted by atomic mass is 32.2. The molecule has 0 radical (unpaired) electrons. The van der Waals surface area contributed by atoms with Crippen molar-refractivity contribution in [3.05, 3.63) is 34.9 Å². The van der Waals surface area contributed by atoms with E-state index in [9.17, 15) is 13.3 Å². The van der Waals surface area contributed by atoms with Gasteiger partial charge >= 0.3 is 0 Å². The number of hydrogen-bond acceptors (Lipinski definition) is 3. The van der Waals surface area contributed by atoms with Crippen molar-refractivity contribution < 1.29 is 18.1 Å². The van der Waals surface area contributed by atoms with Crippen molar-refractivity contribution in [1.29, 1.82) is 0 Å². The summed E-state index contributed by atoms with van der Waals surface area (Å²) in [5, 5.41) is 0. The van der Waals surface area contributed by atoms with E-state index in [2.05, 4.69) is 4.72 Å². The molecule has 0 fully saturated rings. The Morgan fingerprint density at radius 1 is 1.38 bits per heavy atom. The molecule has 0 saturated carbocycles. The maximum absolute atomic E-state index is 13.9. The predicted octanol–water partition coefficient (Wildman–Crippen LogP) is 3.42. The highest BCUT2D eigenvalue weighted by Gasteiger charge is 2.39. The van der Waals surface area contributed by atoms with Gasteiger partial charge in [-0.15, -0.1) is 4.72 Å². The van der Waals surface area contributed by atoms with Gasteiger partial charge in [-0.25, -0.2) is 0 Å². The molecule has 2 rings (SSSR count). The molecule has 1 aliphatic rings. The van der Waals surface area contributed by atoms with E-state index in [0.717, 1.165) is 0 Å². The average molecular weight is 317 g/mol. The lowest BCUT2D eigenvalue weighted by Gasteiger charge is -2.30. The molecule has 0 spiro atoms. The zero-order valence-corrected chi connectivity index (χ0v) is 13.5. The number of alkyl halides is 2. The van der Waals surface area contributed by atoms with Gasteiger partial charge < -0.3 is 9.29 Å². The summed E-state index contributed by atoms with van der Waals surface area (Å²) in [4.78, 5) is 0. The molecule has 1 aromatic rings. The highest BCUT2D eigenvalue weighted by Crippen LogP contribution is 2.38. The van der Waals surface area contributed by atoms with Gasteiger partial charge in [0.1, 0.15) is 11.4 Å². The third-order valence-corrected chi connectivity index (χ3v) is 5.12. The topological polar surface area (TPSA) is 44.3 Å². The second kappa shape index (κ2) is 5.83. The quantitative estimate of drug-likeness (QED) is 0.869. The van der Waals surface area contributed by atoms with Crippen LogP contribution < -0.4 is 4.72 Å². The summed E-state index contributed by atoms with van der Waals surface area (Å²) in [5.41, 5.74) is 1.23. The minimum atomic E-state index is -2.97. The van der Waals surface area contributed by atoms with Crippen LogP contribution in [0.5, 0.6) is 0 Å². The van der Waals surface area contributed by atoms with Crippen LogP contribution in [0.2, 0.25) is 0 Å². The van der Waals surface area contributed by atoms with Gasteiger partial charge in [0.15, 0.2) is 0 Å². The van der Waals surface area contributed by atoms with Crippen molar-refractivity contribution in [3.8, 4) is 0 Å². The minimum Gasteiger partial charge on any atom is -0.598 e. The molecule has 118 valence electrons. The van der Waals surface area contributed by atoms with Gasteiger partial charge in [0, 0.05) is 16.9 Å². The van der Waals surface area contributed by atoms with E-state index in [4.69, 9.17) is 4.74 Å². The molecule has 1 aromatic carbocycles. The van der Waals surface area contributed by atoms with Crippen molar-refractivity contribution in [1.82, 2.24) is 4.72 Å². The van der Waals surface area contributed by atoms with Gasteiger partial charge in [0.25, 0.3) is 5.92 Å². The molecule has 0 bridgehead atoms. The van der Waals surface area contributed by atoms with E-state index >= 15 is 0 Å². The highest BCUT2D eigenvalue weighted by molar-refractivity contribution is 7.90. The molecule has 6 heteroatoms. The molecular formula is C15H21F2NO2S. The van der Waals surface area contributed by atoms with Gasteiger partial charge in [-0.1, -0.05) is 18.2 Å². The molecule has 1 aliphatic heterocycles. The summed E-state index contributed by atoms with van der Waals surface area (Å²) < 4.78 is 47.5. The van der Waals surface area contributed by atoms with E-state index < -0.39 is 28.6 Å². The number of halogens is 2. The average Bonchev–Trinajstić information content (AvgIpc) is 2.36. The molecule has 1 heterocycles. The van der Waals surface area contributed by atoms with Crippen LogP contribution in [0, 0.1) is 0 Å². The second-order valence-electron chi connectivity index (χ2n) is 6.29. The molecule has 0 aliphatic carbocycles. The van der Waals surface area contributed by atoms with E-state index in [-0.39, 0.29) is 18.2 Å². The fourth-order valence-corrected chi connectivity index (χ4v) is 3.08. The molecule has 1 N–H and O–H groups in total. The summed E-state index contributed by atoms with van der Waals surface area (Å²) in [6.45, 7) is 6.99. The Balaban J connectivity index is 2.29. The Morgan fingerprint density at radius 2 is 2.05 bits per heavy atom. The van der Waals surface area contributed by atoms with E-state index in [1.165, 1.54) is 6.07 Å². The van der Waals surface area contributed by atoms with Crippen LogP contribution in [-0.2, 0) is 28.6 Å². The summed E-state index contributed by atoms with van der Waals surface area (Å²) >= 11 is -1.27. The lowest BCUT2D eigenvalue weighted by molar-refractivity contribution is -0.103. The first-order chi connectivity index (χ1) is 9.63. The Hall–Kier alpha value is -0.690. The standard InChI is InChI=1S/C15H21F2NO2S/c1-10(18-21(19)14(2,3)4)11-6-5-7-13-12(11)8-20-9-15(13,16)17/h5-7,10,18H,8-9H2,1-4H3. The van der Waals surface area contributed by atoms with Crippen molar-refractivity contribution in [2.45, 2.75) is 51.0 Å². The molecule has 0 saturated heterocycles. The molecule has 0 amide bonds. The molecule has 3 nitrogen and oxygen atoms in total. The Morgan fingerprint density at radius 3 is 2.67 bits per heavy atom. The first-order valence-corrected chi connectivity index (χ1v) is 8.04. The molecule has 2 unspecified atom stereocenters. The number of benzene rings is 1. The predicted molar refractivity (Wildman–Crippen MR) is 79.4 cm³/mol. The summed E-state index contributed by atoms with van der Waals surface area (Å²) in [7, 11) is 0. The van der Waals surface area contributed by atoms with Crippen molar-refractivity contribution in [2.24, 2.45) is 0 Å². The monoisotopic (exact) mass is 317 g/mol. The van der Waals surface area contributed by atoms with Gasteiger partial charge in [-0.05, 0) is 38.8 Å². The third kappa shape index (κ3) is 3.56. The van der Waals surface area contributed by atoms with Gasteiger partial charge in [0.05, 0.1) is 12.6 Å².